The highest BCUT2D eigenvalue weighted by Crippen LogP contribution is 2.42. The number of hydrogen-bond donors (Lipinski definition) is 2. The lowest BCUT2D eigenvalue weighted by molar-refractivity contribution is -0.187. The fourth-order valence-electron chi connectivity index (χ4n) is 4.16. The minimum Gasteiger partial charge on any atom is -0.397 e. The van der Waals surface area contributed by atoms with E-state index in [1.165, 1.54) is 0 Å². The lowest BCUT2D eigenvalue weighted by Crippen LogP contribution is -2.53. The number of nitrogens with zero attached hydrogens (tertiary/aromatic N) is 2. The van der Waals surface area contributed by atoms with Gasteiger partial charge in [-0.15, -0.1) is 0 Å². The summed E-state index contributed by atoms with van der Waals surface area (Å²) in [5, 5.41) is 0. The molecule has 2 heterocycles. The fraction of sp³-hybridized carbons (Fsp3) is 0.556. The minimum atomic E-state index is -4.83. The van der Waals surface area contributed by atoms with Gasteiger partial charge < -0.3 is 21.3 Å². The second kappa shape index (κ2) is 6.94. The summed E-state index contributed by atoms with van der Waals surface area (Å²) in [5.41, 5.74) is 12.9. The molecule has 0 unspecified atom stereocenters. The first-order valence-corrected chi connectivity index (χ1v) is 8.92. The van der Waals surface area contributed by atoms with Crippen molar-refractivity contribution < 1.29 is 22.8 Å². The smallest absolute Gasteiger partial charge is 0.397 e. The number of alkyl halides is 3. The number of piperidine rings is 2. The third-order valence-corrected chi connectivity index (χ3v) is 5.67. The van der Waals surface area contributed by atoms with Crippen molar-refractivity contribution in [3.63, 3.8) is 0 Å². The van der Waals surface area contributed by atoms with E-state index in [2.05, 4.69) is 4.90 Å². The Bertz CT molecular complexity index is 743. The van der Waals surface area contributed by atoms with Crippen LogP contribution in [0, 0.1) is 5.41 Å². The van der Waals surface area contributed by atoms with Crippen molar-refractivity contribution in [2.24, 2.45) is 11.1 Å². The quantitative estimate of drug-likeness (QED) is 0.764. The second-order valence-electron chi connectivity index (χ2n) is 7.45. The second-order valence-corrected chi connectivity index (χ2v) is 7.45. The molecule has 2 aliphatic rings. The lowest BCUT2D eigenvalue weighted by Gasteiger charge is -2.48. The number of hydrogen-bond acceptors (Lipinski definition) is 4. The zero-order valence-electron chi connectivity index (χ0n) is 14.9. The van der Waals surface area contributed by atoms with Crippen molar-refractivity contribution in [3.8, 4) is 0 Å². The van der Waals surface area contributed by atoms with Crippen LogP contribution >= 0.6 is 0 Å². The standard InChI is InChI=1S/C18H23F3N4O2/c19-18(20,21)16(27)24-8-5-17(6-9-24)4-1-7-25(11-17)14-10-12(15(23)26)2-3-13(14)22/h2-3,10H,1,4-9,11,22H2,(H2,23,26). The minimum absolute atomic E-state index is 0.100. The van der Waals surface area contributed by atoms with Crippen LogP contribution in [-0.2, 0) is 4.79 Å². The summed E-state index contributed by atoms with van der Waals surface area (Å²) >= 11 is 0. The van der Waals surface area contributed by atoms with Crippen molar-refractivity contribution in [2.75, 3.05) is 36.8 Å². The molecule has 1 aromatic carbocycles. The van der Waals surface area contributed by atoms with Crippen LogP contribution in [0.25, 0.3) is 0 Å². The van der Waals surface area contributed by atoms with Gasteiger partial charge in [-0.2, -0.15) is 13.2 Å². The van der Waals surface area contributed by atoms with Gasteiger partial charge >= 0.3 is 12.1 Å². The van der Waals surface area contributed by atoms with Gasteiger partial charge in [-0.3, -0.25) is 9.59 Å². The average Bonchev–Trinajstić information content (AvgIpc) is 2.61. The zero-order valence-corrected chi connectivity index (χ0v) is 14.9. The molecule has 1 aromatic rings. The van der Waals surface area contributed by atoms with Crippen LogP contribution in [0.4, 0.5) is 24.5 Å². The number of carbonyl (C=O) groups is 2. The van der Waals surface area contributed by atoms with Gasteiger partial charge in [-0.1, -0.05) is 0 Å². The molecular formula is C18H23F3N4O2. The molecule has 1 spiro atoms. The molecule has 9 heteroatoms. The Labute approximate surface area is 155 Å². The zero-order chi connectivity index (χ0) is 19.8. The molecule has 2 amide bonds. The molecule has 0 aromatic heterocycles. The first-order chi connectivity index (χ1) is 12.6. The Hall–Kier alpha value is -2.45. The maximum absolute atomic E-state index is 12.6. The molecule has 2 saturated heterocycles. The summed E-state index contributed by atoms with van der Waals surface area (Å²) in [5.74, 6) is -2.30. The van der Waals surface area contributed by atoms with Gasteiger partial charge in [0.05, 0.1) is 11.4 Å². The van der Waals surface area contributed by atoms with Crippen LogP contribution < -0.4 is 16.4 Å². The number of primary amides is 1. The van der Waals surface area contributed by atoms with Crippen LogP contribution in [0.3, 0.4) is 0 Å². The molecule has 0 aliphatic carbocycles. The molecule has 0 atom stereocenters. The van der Waals surface area contributed by atoms with Crippen LogP contribution in [0.5, 0.6) is 0 Å². The highest BCUT2D eigenvalue weighted by atomic mass is 19.4. The Morgan fingerprint density at radius 2 is 1.74 bits per heavy atom. The fourth-order valence-corrected chi connectivity index (χ4v) is 4.16. The predicted molar refractivity (Wildman–Crippen MR) is 95.1 cm³/mol. The highest BCUT2D eigenvalue weighted by molar-refractivity contribution is 5.95. The van der Waals surface area contributed by atoms with E-state index in [4.69, 9.17) is 11.5 Å². The van der Waals surface area contributed by atoms with Gasteiger partial charge in [0.1, 0.15) is 0 Å². The maximum atomic E-state index is 12.6. The molecule has 2 aliphatic heterocycles. The van der Waals surface area contributed by atoms with Crippen LogP contribution in [0.2, 0.25) is 0 Å². The van der Waals surface area contributed by atoms with Gasteiger partial charge in [-0.25, -0.2) is 0 Å². The van der Waals surface area contributed by atoms with Crippen LogP contribution in [0.1, 0.15) is 36.0 Å². The van der Waals surface area contributed by atoms with Gasteiger partial charge in [-0.05, 0) is 49.3 Å². The number of rotatable bonds is 2. The number of nitrogens with two attached hydrogens (primary N) is 2. The molecule has 0 saturated carbocycles. The van der Waals surface area contributed by atoms with E-state index in [1.54, 1.807) is 18.2 Å². The summed E-state index contributed by atoms with van der Waals surface area (Å²) in [7, 11) is 0. The van der Waals surface area contributed by atoms with Crippen molar-refractivity contribution in [1.29, 1.82) is 0 Å². The molecular weight excluding hydrogens is 361 g/mol. The molecule has 6 nitrogen and oxygen atoms in total. The Morgan fingerprint density at radius 3 is 2.33 bits per heavy atom. The van der Waals surface area contributed by atoms with E-state index in [1.807, 2.05) is 0 Å². The van der Waals surface area contributed by atoms with Gasteiger partial charge in [0.2, 0.25) is 5.91 Å². The van der Waals surface area contributed by atoms with E-state index in [0.29, 0.717) is 30.6 Å². The molecule has 0 radical (unpaired) electrons. The first kappa shape index (κ1) is 19.3. The van der Waals surface area contributed by atoms with Crippen LogP contribution in [-0.4, -0.2) is 49.1 Å². The Kier molecular flexibility index (Phi) is 4.96. The van der Waals surface area contributed by atoms with Gasteiger partial charge in [0, 0.05) is 31.7 Å². The number of carbonyl (C=O) groups excluding carboxylic acids is 2. The number of nitrogen functional groups attached to an aromatic ring is 1. The van der Waals surface area contributed by atoms with E-state index in [-0.39, 0.29) is 18.5 Å². The summed E-state index contributed by atoms with van der Waals surface area (Å²) in [4.78, 5) is 25.9. The van der Waals surface area contributed by atoms with E-state index >= 15 is 0 Å². The average molecular weight is 384 g/mol. The highest BCUT2D eigenvalue weighted by Gasteiger charge is 2.46. The molecule has 3 rings (SSSR count). The third kappa shape index (κ3) is 3.96. The summed E-state index contributed by atoms with van der Waals surface area (Å²) in [6.07, 6.45) is -2.03. The van der Waals surface area contributed by atoms with Crippen molar-refractivity contribution >= 4 is 23.2 Å². The number of likely N-dealkylation sites (tertiary alicyclic amines) is 1. The molecule has 0 bridgehead atoms. The van der Waals surface area contributed by atoms with E-state index in [9.17, 15) is 22.8 Å². The summed E-state index contributed by atoms with van der Waals surface area (Å²) in [6.45, 7) is 1.58. The van der Waals surface area contributed by atoms with Crippen molar-refractivity contribution in [3.05, 3.63) is 23.8 Å². The van der Waals surface area contributed by atoms with Crippen LogP contribution in [0.15, 0.2) is 18.2 Å². The van der Waals surface area contributed by atoms with Gasteiger partial charge in [0.25, 0.3) is 0 Å². The normalized spacial score (nSPS) is 20.0. The van der Waals surface area contributed by atoms with E-state index < -0.39 is 18.0 Å². The third-order valence-electron chi connectivity index (χ3n) is 5.67. The van der Waals surface area contributed by atoms with Gasteiger partial charge in [0.15, 0.2) is 0 Å². The monoisotopic (exact) mass is 384 g/mol. The predicted octanol–water partition coefficient (Wildman–Crippen LogP) is 2.14. The number of amides is 2. The number of benzene rings is 1. The van der Waals surface area contributed by atoms with E-state index in [0.717, 1.165) is 30.0 Å². The molecule has 27 heavy (non-hydrogen) atoms. The molecule has 4 N–H and O–H groups in total. The summed E-state index contributed by atoms with van der Waals surface area (Å²) in [6, 6.07) is 4.88. The number of halogens is 3. The maximum Gasteiger partial charge on any atom is 0.471 e. The summed E-state index contributed by atoms with van der Waals surface area (Å²) < 4.78 is 37.9. The Balaban J connectivity index is 1.73. The lowest BCUT2D eigenvalue weighted by atomic mass is 9.72. The Morgan fingerprint density at radius 1 is 1.07 bits per heavy atom. The topological polar surface area (TPSA) is 92.7 Å². The number of anilines is 2. The SMILES string of the molecule is NC(=O)c1ccc(N)c(N2CCCC3(CCN(C(=O)C(F)(F)F)CC3)C2)c1. The molecule has 148 valence electrons. The largest absolute Gasteiger partial charge is 0.471 e. The molecule has 2 fully saturated rings. The van der Waals surface area contributed by atoms with Crippen molar-refractivity contribution in [1.82, 2.24) is 4.90 Å². The van der Waals surface area contributed by atoms with Crippen molar-refractivity contribution in [2.45, 2.75) is 31.9 Å². The first-order valence-electron chi connectivity index (χ1n) is 8.92.